The van der Waals surface area contributed by atoms with Gasteiger partial charge in [0.1, 0.15) is 23.9 Å². The first kappa shape index (κ1) is 49.6. The number of carbonyl (C=O) groups is 5. The van der Waals surface area contributed by atoms with Gasteiger partial charge in [-0.25, -0.2) is 5.43 Å². The zero-order chi connectivity index (χ0) is 48.2. The van der Waals surface area contributed by atoms with Gasteiger partial charge in [0.15, 0.2) is 0 Å². The quantitative estimate of drug-likeness (QED) is 0.151. The van der Waals surface area contributed by atoms with Gasteiger partial charge in [0.25, 0.3) is 5.91 Å². The summed E-state index contributed by atoms with van der Waals surface area (Å²) < 4.78 is 14.1. The Kier molecular flexibility index (Phi) is 15.6. The Morgan fingerprint density at radius 2 is 1.83 bits per heavy atom. The summed E-state index contributed by atoms with van der Waals surface area (Å²) in [6.07, 6.45) is 2.44. The number of esters is 1. The fourth-order valence-corrected chi connectivity index (χ4v) is 9.49. The van der Waals surface area contributed by atoms with Crippen molar-refractivity contribution in [2.45, 2.75) is 98.5 Å². The summed E-state index contributed by atoms with van der Waals surface area (Å²) in [5.41, 5.74) is 9.25. The molecule has 356 valence electrons. The Labute approximate surface area is 388 Å². The van der Waals surface area contributed by atoms with Crippen LogP contribution in [0.5, 0.6) is 5.75 Å². The lowest BCUT2D eigenvalue weighted by Crippen LogP contribution is -2.59. The first-order valence-corrected chi connectivity index (χ1v) is 22.9. The molecule has 1 fully saturated rings. The molecule has 4 heterocycles. The number of cyclic esters (lactones) is 1. The number of carbonyl (C=O) groups excluding carboxylic acids is 5. The number of benzene rings is 2. The van der Waals surface area contributed by atoms with Crippen molar-refractivity contribution in [1.29, 1.82) is 0 Å². The zero-order valence-electron chi connectivity index (χ0n) is 40.4. The first-order valence-electron chi connectivity index (χ1n) is 22.9. The van der Waals surface area contributed by atoms with E-state index in [1.807, 2.05) is 39.0 Å². The van der Waals surface area contributed by atoms with Crippen LogP contribution in [0.2, 0.25) is 0 Å². The van der Waals surface area contributed by atoms with Gasteiger partial charge in [-0.1, -0.05) is 39.8 Å². The van der Waals surface area contributed by atoms with E-state index in [2.05, 4.69) is 59.6 Å². The molecule has 4 aromatic rings. The minimum atomic E-state index is -1.20. The third-order valence-electron chi connectivity index (χ3n) is 12.9. The van der Waals surface area contributed by atoms with Crippen molar-refractivity contribution in [2.75, 3.05) is 54.5 Å². The van der Waals surface area contributed by atoms with Crippen molar-refractivity contribution in [3.8, 4) is 28.1 Å². The molecule has 6 rings (SSSR count). The average molecular weight is 909 g/mol. The number of aromatic hydroxyl groups is 1. The molecule has 2 aliphatic rings. The molecule has 4 amide bonds. The Morgan fingerprint density at radius 3 is 2.52 bits per heavy atom. The van der Waals surface area contributed by atoms with Gasteiger partial charge in [-0.15, -0.1) is 0 Å². The fraction of sp³-hybridized carbons (Fsp3) is 0.520. The number of rotatable bonds is 11. The molecular formula is C50H68N8O8. The third kappa shape index (κ3) is 10.7. The number of hydrogen-bond donors (Lipinski definition) is 4. The summed E-state index contributed by atoms with van der Waals surface area (Å²) in [7, 11) is 6.41. The number of nitrogens with one attached hydrogen (secondary N) is 3. The standard InChI is InChI=1S/C50H68N8O8/c1-12-58-41-16-15-33-24-38(41)39(45(58)37-14-13-18-52-43(37)31(5)65-11)25-50(6,7)28-66-49(64)30(4)54-56(10)48(63)40(22-32-20-35(33)23-36(59)21-32)53-46(61)44(29(2)3)55(9)47(62)34-17-19-57(27-34)42(60)26-51-8/h13-16,18,20-21,23-24,29-31,34,40,44,51,54,59H,12,17,19,22,25-28H2,1-11H3,(H,53,61)/t30-,31-,34-,40-,44-/m0/s1. The van der Waals surface area contributed by atoms with Crippen molar-refractivity contribution in [1.82, 2.24) is 40.4 Å². The molecule has 2 aromatic carbocycles. The van der Waals surface area contributed by atoms with E-state index in [1.165, 1.54) is 17.0 Å². The van der Waals surface area contributed by atoms with Crippen LogP contribution in [-0.2, 0) is 52.8 Å². The largest absolute Gasteiger partial charge is 0.508 e. The van der Waals surface area contributed by atoms with E-state index in [1.54, 1.807) is 51.4 Å². The highest BCUT2D eigenvalue weighted by atomic mass is 16.5. The van der Waals surface area contributed by atoms with Crippen LogP contribution >= 0.6 is 0 Å². The van der Waals surface area contributed by atoms with Crippen molar-refractivity contribution >= 4 is 40.5 Å². The number of likely N-dealkylation sites (tertiary alicyclic amines) is 1. The lowest BCUT2D eigenvalue weighted by Gasteiger charge is -2.34. The normalized spacial score (nSPS) is 20.2. The number of aryl methyl sites for hydroxylation is 1. The number of ether oxygens (including phenoxy) is 2. The number of phenols is 1. The molecule has 0 spiro atoms. The predicted octanol–water partition coefficient (Wildman–Crippen LogP) is 4.86. The second kappa shape index (κ2) is 20.8. The van der Waals surface area contributed by atoms with Gasteiger partial charge in [-0.3, -0.25) is 34.0 Å². The molecule has 66 heavy (non-hydrogen) atoms. The molecule has 5 atom stereocenters. The molecule has 0 unspecified atom stereocenters. The van der Waals surface area contributed by atoms with Gasteiger partial charge >= 0.3 is 5.97 Å². The minimum absolute atomic E-state index is 0.0247. The number of pyridine rings is 1. The topological polar surface area (TPSA) is 188 Å². The van der Waals surface area contributed by atoms with E-state index in [0.717, 1.165) is 39.0 Å². The van der Waals surface area contributed by atoms with Gasteiger partial charge in [0.2, 0.25) is 17.7 Å². The van der Waals surface area contributed by atoms with Crippen LogP contribution < -0.4 is 16.1 Å². The van der Waals surface area contributed by atoms with E-state index in [9.17, 15) is 29.1 Å². The number of amides is 4. The molecule has 0 saturated carbocycles. The van der Waals surface area contributed by atoms with Crippen LogP contribution in [-0.4, -0.2) is 132 Å². The van der Waals surface area contributed by atoms with E-state index < -0.39 is 47.2 Å². The Hall–Kier alpha value is -5.84. The summed E-state index contributed by atoms with van der Waals surface area (Å²) in [6.45, 7) is 15.0. The predicted molar refractivity (Wildman–Crippen MR) is 253 cm³/mol. The van der Waals surface area contributed by atoms with Gasteiger partial charge in [-0.2, -0.15) is 0 Å². The highest BCUT2D eigenvalue weighted by Gasteiger charge is 2.39. The number of likely N-dealkylation sites (N-methyl/N-ethyl adjacent to an activating group) is 3. The lowest BCUT2D eigenvalue weighted by atomic mass is 9.84. The van der Waals surface area contributed by atoms with Crippen LogP contribution in [0, 0.1) is 17.3 Å². The number of hydrogen-bond acceptors (Lipinski definition) is 11. The second-order valence-electron chi connectivity index (χ2n) is 19.0. The minimum Gasteiger partial charge on any atom is -0.508 e. The number of nitrogens with zero attached hydrogens (tertiary/aromatic N) is 5. The maximum absolute atomic E-state index is 14.5. The smallest absolute Gasteiger partial charge is 0.324 e. The van der Waals surface area contributed by atoms with E-state index in [4.69, 9.17) is 14.5 Å². The summed E-state index contributed by atoms with van der Waals surface area (Å²) in [5, 5.41) is 19.3. The number of methoxy groups -OCH3 is 1. The van der Waals surface area contributed by atoms with Crippen LogP contribution in [0.15, 0.2) is 54.7 Å². The maximum atomic E-state index is 14.5. The number of hydrazine groups is 1. The summed E-state index contributed by atoms with van der Waals surface area (Å²) in [6, 6.07) is 12.2. The molecular weight excluding hydrogens is 841 g/mol. The Morgan fingerprint density at radius 1 is 1.09 bits per heavy atom. The maximum Gasteiger partial charge on any atom is 0.324 e. The van der Waals surface area contributed by atoms with Crippen molar-refractivity contribution in [3.63, 3.8) is 0 Å². The monoisotopic (exact) mass is 909 g/mol. The molecule has 16 nitrogen and oxygen atoms in total. The number of aromatic nitrogens is 2. The van der Waals surface area contributed by atoms with E-state index in [0.29, 0.717) is 37.1 Å². The van der Waals surface area contributed by atoms with E-state index >= 15 is 0 Å². The van der Waals surface area contributed by atoms with Crippen molar-refractivity contribution in [3.05, 3.63) is 71.5 Å². The molecule has 0 aliphatic carbocycles. The summed E-state index contributed by atoms with van der Waals surface area (Å²) >= 11 is 0. The van der Waals surface area contributed by atoms with Crippen LogP contribution in [0.25, 0.3) is 33.3 Å². The van der Waals surface area contributed by atoms with Crippen LogP contribution in [0.3, 0.4) is 0 Å². The van der Waals surface area contributed by atoms with Gasteiger partial charge in [-0.05, 0) is 105 Å². The summed E-state index contributed by atoms with van der Waals surface area (Å²) in [5.74, 6) is -2.89. The van der Waals surface area contributed by atoms with Crippen LogP contribution in [0.1, 0.15) is 77.8 Å². The first-order chi connectivity index (χ1) is 31.3. The molecule has 16 heteroatoms. The molecule has 4 N–H and O–H groups in total. The van der Waals surface area contributed by atoms with Crippen LogP contribution in [0.4, 0.5) is 0 Å². The Bertz CT molecular complexity index is 2450. The molecule has 0 radical (unpaired) electrons. The highest BCUT2D eigenvalue weighted by Crippen LogP contribution is 2.42. The van der Waals surface area contributed by atoms with Crippen molar-refractivity contribution < 1.29 is 38.6 Å². The van der Waals surface area contributed by atoms with Crippen molar-refractivity contribution in [2.24, 2.45) is 17.3 Å². The fourth-order valence-electron chi connectivity index (χ4n) is 9.49. The second-order valence-corrected chi connectivity index (χ2v) is 19.0. The average Bonchev–Trinajstić information content (AvgIpc) is 3.89. The summed E-state index contributed by atoms with van der Waals surface area (Å²) in [4.78, 5) is 77.0. The Balaban J connectivity index is 1.42. The molecule has 2 aromatic heterocycles. The number of phenolic OH excluding ortho intramolecular Hbond substituents is 1. The lowest BCUT2D eigenvalue weighted by molar-refractivity contribution is -0.152. The van der Waals surface area contributed by atoms with Gasteiger partial charge < -0.3 is 39.6 Å². The SMILES string of the molecule is CCn1c(-c2cccnc2[C@H](C)OC)c2c3cc(ccc31)-c1cc(O)cc(c1)C[C@H](NC(=O)[C@H](C(C)C)N(C)C(=O)[C@H]1CCN(C(=O)CNC)C1)C(=O)N(C)N[C@@H](C)C(=O)OCC(C)(C)C2. The number of fused-ring (bicyclic) bond motifs is 4. The molecule has 4 bridgehead atoms. The third-order valence-corrected chi connectivity index (χ3v) is 12.9. The zero-order valence-corrected chi connectivity index (χ0v) is 40.4. The highest BCUT2D eigenvalue weighted by molar-refractivity contribution is 5.96. The molecule has 2 aliphatic heterocycles. The van der Waals surface area contributed by atoms with E-state index in [-0.39, 0.29) is 55.7 Å². The molecule has 1 saturated heterocycles. The van der Waals surface area contributed by atoms with Gasteiger partial charge in [0.05, 0.1) is 36.6 Å². The van der Waals surface area contributed by atoms with Gasteiger partial charge in [0, 0.05) is 75.3 Å².